The minimum absolute atomic E-state index is 0.269. The third-order valence-electron chi connectivity index (χ3n) is 5.37. The summed E-state index contributed by atoms with van der Waals surface area (Å²) in [7, 11) is 0. The number of hydrogen-bond acceptors (Lipinski definition) is 4. The molecule has 2 heterocycles. The highest BCUT2D eigenvalue weighted by Crippen LogP contribution is 2.27. The Labute approximate surface area is 142 Å². The summed E-state index contributed by atoms with van der Waals surface area (Å²) in [5, 5.41) is 1.09. The number of hydrogen-bond donors (Lipinski definition) is 0. The highest BCUT2D eigenvalue weighted by atomic mass is 16.2. The Morgan fingerprint density at radius 3 is 2.50 bits per heavy atom. The van der Waals surface area contributed by atoms with Crippen LogP contribution in [0.5, 0.6) is 0 Å². The van der Waals surface area contributed by atoms with Crippen molar-refractivity contribution in [3.63, 3.8) is 0 Å². The van der Waals surface area contributed by atoms with Crippen molar-refractivity contribution in [3.8, 4) is 0 Å². The van der Waals surface area contributed by atoms with E-state index in [1.54, 1.807) is 6.33 Å². The molecule has 5 heteroatoms. The van der Waals surface area contributed by atoms with Crippen LogP contribution in [0.3, 0.4) is 0 Å². The first-order chi connectivity index (χ1) is 11.8. The molecule has 0 N–H and O–H groups in total. The van der Waals surface area contributed by atoms with Crippen LogP contribution in [0.25, 0.3) is 10.9 Å². The number of rotatable bonds is 2. The van der Waals surface area contributed by atoms with E-state index in [1.165, 1.54) is 19.3 Å². The lowest BCUT2D eigenvalue weighted by atomic mass is 9.88. The molecule has 0 unspecified atom stereocenters. The number of nitrogens with zero attached hydrogens (tertiary/aromatic N) is 4. The van der Waals surface area contributed by atoms with E-state index in [0.29, 0.717) is 5.91 Å². The van der Waals surface area contributed by atoms with Crippen LogP contribution >= 0.6 is 0 Å². The van der Waals surface area contributed by atoms with Gasteiger partial charge in [0.2, 0.25) is 5.91 Å². The van der Waals surface area contributed by atoms with E-state index < -0.39 is 0 Å². The van der Waals surface area contributed by atoms with Gasteiger partial charge in [0.25, 0.3) is 0 Å². The fourth-order valence-electron chi connectivity index (χ4n) is 3.99. The Morgan fingerprint density at radius 1 is 0.958 bits per heavy atom. The SMILES string of the molecule is O=C(C1CCCCC1)N1CCN(c2ncnc3ccccc23)CC1. The van der Waals surface area contributed by atoms with E-state index in [2.05, 4.69) is 25.8 Å². The van der Waals surface area contributed by atoms with Crippen LogP contribution in [0, 0.1) is 5.92 Å². The lowest BCUT2D eigenvalue weighted by Crippen LogP contribution is -2.50. The Kier molecular flexibility index (Phi) is 4.32. The van der Waals surface area contributed by atoms with Crippen molar-refractivity contribution in [2.45, 2.75) is 32.1 Å². The van der Waals surface area contributed by atoms with Gasteiger partial charge in [-0.2, -0.15) is 0 Å². The van der Waals surface area contributed by atoms with Gasteiger partial charge < -0.3 is 9.80 Å². The molecule has 1 amide bonds. The van der Waals surface area contributed by atoms with Gasteiger partial charge in [-0.05, 0) is 25.0 Å². The topological polar surface area (TPSA) is 49.3 Å². The zero-order chi connectivity index (χ0) is 16.4. The van der Waals surface area contributed by atoms with Crippen molar-refractivity contribution in [1.29, 1.82) is 0 Å². The van der Waals surface area contributed by atoms with Crippen LogP contribution in [0.1, 0.15) is 32.1 Å². The lowest BCUT2D eigenvalue weighted by molar-refractivity contribution is -0.136. The van der Waals surface area contributed by atoms with Crippen LogP contribution in [0.4, 0.5) is 5.82 Å². The Balaban J connectivity index is 1.45. The summed E-state index contributed by atoms with van der Waals surface area (Å²) in [6, 6.07) is 8.12. The van der Waals surface area contributed by atoms with Gasteiger partial charge >= 0.3 is 0 Å². The van der Waals surface area contributed by atoms with E-state index in [4.69, 9.17) is 0 Å². The Bertz CT molecular complexity index is 713. The third-order valence-corrected chi connectivity index (χ3v) is 5.37. The molecule has 24 heavy (non-hydrogen) atoms. The van der Waals surface area contributed by atoms with E-state index in [9.17, 15) is 4.79 Å². The van der Waals surface area contributed by atoms with Gasteiger partial charge in [-0.3, -0.25) is 4.79 Å². The molecule has 0 atom stereocenters. The maximum atomic E-state index is 12.7. The van der Waals surface area contributed by atoms with Gasteiger partial charge in [0.15, 0.2) is 0 Å². The molecule has 0 bridgehead atoms. The lowest BCUT2D eigenvalue weighted by Gasteiger charge is -2.37. The van der Waals surface area contributed by atoms with Crippen molar-refractivity contribution >= 4 is 22.6 Å². The molecule has 126 valence electrons. The Hall–Kier alpha value is -2.17. The summed E-state index contributed by atoms with van der Waals surface area (Å²) in [5.74, 6) is 1.64. The van der Waals surface area contributed by atoms with Crippen molar-refractivity contribution in [1.82, 2.24) is 14.9 Å². The van der Waals surface area contributed by atoms with E-state index >= 15 is 0 Å². The van der Waals surface area contributed by atoms with Crippen LogP contribution in [0.2, 0.25) is 0 Å². The molecule has 0 radical (unpaired) electrons. The van der Waals surface area contributed by atoms with Gasteiger partial charge in [-0.15, -0.1) is 0 Å². The minimum Gasteiger partial charge on any atom is -0.352 e. The van der Waals surface area contributed by atoms with Crippen LogP contribution in [0.15, 0.2) is 30.6 Å². The normalized spacial score (nSPS) is 19.7. The molecule has 2 aliphatic rings. The zero-order valence-corrected chi connectivity index (χ0v) is 14.0. The number of benzene rings is 1. The molecular weight excluding hydrogens is 300 g/mol. The summed E-state index contributed by atoms with van der Waals surface area (Å²) < 4.78 is 0. The van der Waals surface area contributed by atoms with Crippen molar-refractivity contribution < 1.29 is 4.79 Å². The predicted molar refractivity (Wildman–Crippen MR) is 94.9 cm³/mol. The number of carbonyl (C=O) groups excluding carboxylic acids is 1. The fraction of sp³-hybridized carbons (Fsp3) is 0.526. The fourth-order valence-corrected chi connectivity index (χ4v) is 3.99. The second-order valence-corrected chi connectivity index (χ2v) is 6.86. The van der Waals surface area contributed by atoms with Gasteiger partial charge in [0.1, 0.15) is 12.1 Å². The number of aromatic nitrogens is 2. The third kappa shape index (κ3) is 2.95. The first-order valence-corrected chi connectivity index (χ1v) is 9.06. The van der Waals surface area contributed by atoms with Crippen LogP contribution < -0.4 is 4.90 Å². The highest BCUT2D eigenvalue weighted by Gasteiger charge is 2.29. The molecule has 1 aliphatic carbocycles. The molecular formula is C19H24N4O. The van der Waals surface area contributed by atoms with Gasteiger partial charge in [-0.1, -0.05) is 31.4 Å². The number of piperazine rings is 1. The minimum atomic E-state index is 0.269. The molecule has 2 fully saturated rings. The molecule has 4 rings (SSSR count). The quantitative estimate of drug-likeness (QED) is 0.852. The van der Waals surface area contributed by atoms with Crippen LogP contribution in [-0.2, 0) is 4.79 Å². The van der Waals surface area contributed by atoms with Crippen molar-refractivity contribution in [3.05, 3.63) is 30.6 Å². The average Bonchev–Trinajstić information content (AvgIpc) is 2.68. The summed E-state index contributed by atoms with van der Waals surface area (Å²) in [4.78, 5) is 25.9. The molecule has 1 saturated carbocycles. The summed E-state index contributed by atoms with van der Waals surface area (Å²) in [5.41, 5.74) is 0.975. The summed E-state index contributed by atoms with van der Waals surface area (Å²) in [6.45, 7) is 3.29. The summed E-state index contributed by atoms with van der Waals surface area (Å²) >= 11 is 0. The monoisotopic (exact) mass is 324 g/mol. The molecule has 2 aromatic rings. The molecule has 0 spiro atoms. The number of carbonyl (C=O) groups is 1. The van der Waals surface area contributed by atoms with E-state index in [-0.39, 0.29) is 5.92 Å². The zero-order valence-electron chi connectivity index (χ0n) is 14.0. The average molecular weight is 324 g/mol. The first-order valence-electron chi connectivity index (χ1n) is 9.06. The number of para-hydroxylation sites is 1. The van der Waals surface area contributed by atoms with Crippen LogP contribution in [-0.4, -0.2) is 47.0 Å². The number of amides is 1. The molecule has 1 aromatic heterocycles. The first kappa shape index (κ1) is 15.4. The molecule has 1 saturated heterocycles. The largest absolute Gasteiger partial charge is 0.352 e. The maximum Gasteiger partial charge on any atom is 0.225 e. The van der Waals surface area contributed by atoms with Gasteiger partial charge in [0, 0.05) is 37.5 Å². The second kappa shape index (κ2) is 6.75. The number of anilines is 1. The van der Waals surface area contributed by atoms with E-state index in [0.717, 1.165) is 55.7 Å². The maximum absolute atomic E-state index is 12.7. The van der Waals surface area contributed by atoms with Gasteiger partial charge in [0.05, 0.1) is 5.52 Å². The van der Waals surface area contributed by atoms with Gasteiger partial charge in [-0.25, -0.2) is 9.97 Å². The molecule has 1 aliphatic heterocycles. The second-order valence-electron chi connectivity index (χ2n) is 6.86. The predicted octanol–water partition coefficient (Wildman–Crippen LogP) is 2.86. The Morgan fingerprint density at radius 2 is 1.71 bits per heavy atom. The highest BCUT2D eigenvalue weighted by molar-refractivity contribution is 5.89. The summed E-state index contributed by atoms with van der Waals surface area (Å²) in [6.07, 6.45) is 7.51. The van der Waals surface area contributed by atoms with Crippen molar-refractivity contribution in [2.24, 2.45) is 5.92 Å². The molecule has 1 aromatic carbocycles. The smallest absolute Gasteiger partial charge is 0.225 e. The van der Waals surface area contributed by atoms with E-state index in [1.807, 2.05) is 18.2 Å². The van der Waals surface area contributed by atoms with Crippen molar-refractivity contribution in [2.75, 3.05) is 31.1 Å². The number of fused-ring (bicyclic) bond motifs is 1. The standard InChI is InChI=1S/C19H24N4O/c24-19(15-6-2-1-3-7-15)23-12-10-22(11-13-23)18-16-8-4-5-9-17(16)20-14-21-18/h4-5,8-9,14-15H,1-3,6-7,10-13H2. The molecule has 5 nitrogen and oxygen atoms in total.